The molecule has 10 heteroatoms. The molecule has 214 valence electrons. The van der Waals surface area contributed by atoms with Crippen molar-refractivity contribution >= 4 is 50.7 Å². The van der Waals surface area contributed by atoms with Gasteiger partial charge in [-0.3, -0.25) is 13.9 Å². The molecule has 0 aromatic heterocycles. The fourth-order valence-corrected chi connectivity index (χ4v) is 6.30. The fraction of sp³-hybridized carbons (Fsp3) is 0.333. The predicted octanol–water partition coefficient (Wildman–Crippen LogP) is 6.22. The van der Waals surface area contributed by atoms with Crippen LogP contribution in [0.15, 0.2) is 77.7 Å². The second-order valence-electron chi connectivity index (χ2n) is 9.53. The predicted molar refractivity (Wildman–Crippen MR) is 161 cm³/mol. The summed E-state index contributed by atoms with van der Waals surface area (Å²) in [6, 6.07) is 19.1. The number of hydrogen-bond donors (Lipinski definition) is 1. The molecule has 0 spiro atoms. The number of unbranched alkanes of at least 4 members (excludes halogenated alkanes) is 1. The summed E-state index contributed by atoms with van der Waals surface area (Å²) in [4.78, 5) is 28.8. The Morgan fingerprint density at radius 2 is 1.60 bits per heavy atom. The Labute approximate surface area is 247 Å². The van der Waals surface area contributed by atoms with Gasteiger partial charge in [-0.15, -0.1) is 0 Å². The van der Waals surface area contributed by atoms with Crippen molar-refractivity contribution in [1.29, 1.82) is 0 Å². The summed E-state index contributed by atoms with van der Waals surface area (Å²) in [5, 5.41) is 3.37. The number of carbonyl (C=O) groups is 2. The van der Waals surface area contributed by atoms with Crippen LogP contribution in [0.25, 0.3) is 0 Å². The zero-order chi connectivity index (χ0) is 29.3. The largest absolute Gasteiger partial charge is 0.354 e. The molecule has 0 aliphatic carbocycles. The van der Waals surface area contributed by atoms with Crippen LogP contribution in [0.2, 0.25) is 10.0 Å². The van der Waals surface area contributed by atoms with E-state index < -0.39 is 28.5 Å². The summed E-state index contributed by atoms with van der Waals surface area (Å²) < 4.78 is 28.7. The first-order chi connectivity index (χ1) is 19.1. The lowest BCUT2D eigenvalue weighted by Gasteiger charge is -2.33. The van der Waals surface area contributed by atoms with Crippen LogP contribution in [-0.4, -0.2) is 44.3 Å². The molecule has 0 radical (unpaired) electrons. The van der Waals surface area contributed by atoms with Crippen molar-refractivity contribution < 1.29 is 18.0 Å². The number of aryl methyl sites for hydroxylation is 1. The summed E-state index contributed by atoms with van der Waals surface area (Å²) in [7, 11) is -4.20. The van der Waals surface area contributed by atoms with Gasteiger partial charge in [0.25, 0.3) is 10.0 Å². The average Bonchev–Trinajstić information content (AvgIpc) is 2.91. The maximum absolute atomic E-state index is 14.1. The van der Waals surface area contributed by atoms with E-state index >= 15 is 0 Å². The number of sulfonamides is 1. The Morgan fingerprint density at radius 3 is 2.20 bits per heavy atom. The standard InChI is InChI=1S/C30H35Cl2N3O4S/c1-4-6-15-33-30(37)28(5-2)34(20-23-12-10-11-22(3)16-23)29(36)21-35(26-18-24(31)17-25(32)19-26)40(38,39)27-13-8-7-9-14-27/h7-14,16-19,28H,4-6,15,20-21H2,1-3H3,(H,33,37)/t28-/m1/s1. The van der Waals surface area contributed by atoms with Crippen molar-refractivity contribution in [3.05, 3.63) is 94.0 Å². The number of hydrogen-bond acceptors (Lipinski definition) is 4. The average molecular weight is 605 g/mol. The van der Waals surface area contributed by atoms with E-state index in [0.717, 1.165) is 28.3 Å². The summed E-state index contributed by atoms with van der Waals surface area (Å²) in [5.74, 6) is -0.810. The van der Waals surface area contributed by atoms with Crippen LogP contribution in [0.4, 0.5) is 5.69 Å². The van der Waals surface area contributed by atoms with Crippen LogP contribution in [-0.2, 0) is 26.2 Å². The molecule has 40 heavy (non-hydrogen) atoms. The SMILES string of the molecule is CCCCNC(=O)[C@@H](CC)N(Cc1cccc(C)c1)C(=O)CN(c1cc(Cl)cc(Cl)c1)S(=O)(=O)c1ccccc1. The molecule has 1 atom stereocenters. The highest BCUT2D eigenvalue weighted by atomic mass is 35.5. The van der Waals surface area contributed by atoms with Gasteiger partial charge in [-0.2, -0.15) is 0 Å². The Kier molecular flexibility index (Phi) is 11.4. The quantitative estimate of drug-likeness (QED) is 0.235. The van der Waals surface area contributed by atoms with Gasteiger partial charge in [-0.1, -0.05) is 91.5 Å². The van der Waals surface area contributed by atoms with Crippen molar-refractivity contribution in [3.8, 4) is 0 Å². The van der Waals surface area contributed by atoms with Crippen LogP contribution in [0.3, 0.4) is 0 Å². The molecule has 3 aromatic carbocycles. The Morgan fingerprint density at radius 1 is 0.925 bits per heavy atom. The third-order valence-electron chi connectivity index (χ3n) is 6.40. The van der Waals surface area contributed by atoms with Gasteiger partial charge in [0.1, 0.15) is 12.6 Å². The maximum Gasteiger partial charge on any atom is 0.264 e. The van der Waals surface area contributed by atoms with Gasteiger partial charge in [0.05, 0.1) is 10.6 Å². The summed E-state index contributed by atoms with van der Waals surface area (Å²) in [6.07, 6.45) is 2.08. The Bertz CT molecular complexity index is 1400. The maximum atomic E-state index is 14.1. The molecule has 0 saturated heterocycles. The van der Waals surface area contributed by atoms with Gasteiger partial charge in [-0.05, 0) is 55.7 Å². The highest BCUT2D eigenvalue weighted by Crippen LogP contribution is 2.30. The van der Waals surface area contributed by atoms with Crippen molar-refractivity contribution in [2.24, 2.45) is 0 Å². The van der Waals surface area contributed by atoms with Crippen LogP contribution < -0.4 is 9.62 Å². The number of nitrogens with one attached hydrogen (secondary N) is 1. The van der Waals surface area contributed by atoms with Crippen LogP contribution in [0.5, 0.6) is 0 Å². The zero-order valence-electron chi connectivity index (χ0n) is 22.9. The molecule has 0 bridgehead atoms. The van der Waals surface area contributed by atoms with Gasteiger partial charge in [0.2, 0.25) is 11.8 Å². The van der Waals surface area contributed by atoms with E-state index in [2.05, 4.69) is 5.32 Å². The molecular weight excluding hydrogens is 569 g/mol. The van der Waals surface area contributed by atoms with Crippen LogP contribution in [0, 0.1) is 6.92 Å². The molecule has 1 N–H and O–H groups in total. The fourth-order valence-electron chi connectivity index (χ4n) is 4.36. The minimum absolute atomic E-state index is 0.00785. The van der Waals surface area contributed by atoms with Gasteiger partial charge in [-0.25, -0.2) is 8.42 Å². The molecule has 0 unspecified atom stereocenters. The minimum atomic E-state index is -4.20. The lowest BCUT2D eigenvalue weighted by atomic mass is 10.1. The second-order valence-corrected chi connectivity index (χ2v) is 12.3. The first kappa shape index (κ1) is 31.5. The second kappa shape index (κ2) is 14.5. The smallest absolute Gasteiger partial charge is 0.264 e. The molecule has 0 aliphatic rings. The van der Waals surface area contributed by atoms with E-state index in [9.17, 15) is 18.0 Å². The lowest BCUT2D eigenvalue weighted by molar-refractivity contribution is -0.140. The number of rotatable bonds is 13. The molecule has 0 heterocycles. The van der Waals surface area contributed by atoms with Gasteiger partial charge >= 0.3 is 0 Å². The number of halogens is 2. The van der Waals surface area contributed by atoms with Crippen molar-refractivity contribution in [2.75, 3.05) is 17.4 Å². The molecule has 0 aliphatic heterocycles. The van der Waals surface area contributed by atoms with Crippen molar-refractivity contribution in [3.63, 3.8) is 0 Å². The number of nitrogens with zero attached hydrogens (tertiary/aromatic N) is 2. The van der Waals surface area contributed by atoms with Gasteiger partial charge in [0, 0.05) is 23.1 Å². The zero-order valence-corrected chi connectivity index (χ0v) is 25.3. The number of amides is 2. The molecule has 2 amide bonds. The number of benzene rings is 3. The summed E-state index contributed by atoms with van der Waals surface area (Å²) in [5.41, 5.74) is 1.98. The van der Waals surface area contributed by atoms with Gasteiger partial charge < -0.3 is 10.2 Å². The molecule has 0 saturated carbocycles. The van der Waals surface area contributed by atoms with E-state index in [0.29, 0.717) is 13.0 Å². The molecule has 0 fully saturated rings. The van der Waals surface area contributed by atoms with E-state index in [-0.39, 0.29) is 33.1 Å². The molecular formula is C30H35Cl2N3O4S. The monoisotopic (exact) mass is 603 g/mol. The molecule has 3 rings (SSSR count). The van der Waals surface area contributed by atoms with E-state index in [1.165, 1.54) is 35.2 Å². The topological polar surface area (TPSA) is 86.8 Å². The van der Waals surface area contributed by atoms with E-state index in [4.69, 9.17) is 23.2 Å². The van der Waals surface area contributed by atoms with Gasteiger partial charge in [0.15, 0.2) is 0 Å². The van der Waals surface area contributed by atoms with Crippen LogP contribution in [0.1, 0.15) is 44.2 Å². The highest BCUT2D eigenvalue weighted by Gasteiger charge is 2.33. The molecule has 7 nitrogen and oxygen atoms in total. The lowest BCUT2D eigenvalue weighted by Crippen LogP contribution is -2.52. The Hall–Kier alpha value is -3.07. The number of carbonyl (C=O) groups excluding carboxylic acids is 2. The molecule has 3 aromatic rings. The van der Waals surface area contributed by atoms with Crippen LogP contribution >= 0.6 is 23.2 Å². The third-order valence-corrected chi connectivity index (χ3v) is 8.62. The summed E-state index contributed by atoms with van der Waals surface area (Å²) in [6.45, 7) is 5.88. The van der Waals surface area contributed by atoms with Crippen molar-refractivity contribution in [1.82, 2.24) is 10.2 Å². The first-order valence-electron chi connectivity index (χ1n) is 13.2. The highest BCUT2D eigenvalue weighted by molar-refractivity contribution is 7.92. The minimum Gasteiger partial charge on any atom is -0.354 e. The summed E-state index contributed by atoms with van der Waals surface area (Å²) >= 11 is 12.5. The number of anilines is 1. The normalized spacial score (nSPS) is 12.0. The Balaban J connectivity index is 2.06. The van der Waals surface area contributed by atoms with E-state index in [1.807, 2.05) is 45.0 Å². The van der Waals surface area contributed by atoms with E-state index in [1.54, 1.807) is 18.2 Å². The first-order valence-corrected chi connectivity index (χ1v) is 15.4. The van der Waals surface area contributed by atoms with Crippen molar-refractivity contribution in [2.45, 2.75) is 57.5 Å². The third kappa shape index (κ3) is 8.22.